The summed E-state index contributed by atoms with van der Waals surface area (Å²) in [4.78, 5) is 24.6. The average molecular weight is 379 g/mol. The highest BCUT2D eigenvalue weighted by molar-refractivity contribution is 8.18. The molecule has 2 aliphatic rings. The number of thioether (sulfide) groups is 1. The molecule has 0 radical (unpaired) electrons. The van der Waals surface area contributed by atoms with Crippen molar-refractivity contribution in [3.8, 4) is 5.75 Å². The van der Waals surface area contributed by atoms with Crippen LogP contribution in [0, 0.1) is 0 Å². The Morgan fingerprint density at radius 1 is 1.11 bits per heavy atom. The van der Waals surface area contributed by atoms with Gasteiger partial charge in [0.25, 0.3) is 5.91 Å². The normalized spacial score (nSPS) is 21.3. The first-order valence-electron chi connectivity index (χ1n) is 9.22. The van der Waals surface area contributed by atoms with Crippen molar-refractivity contribution in [1.29, 1.82) is 0 Å². The minimum Gasteiger partial charge on any atom is -0.508 e. The summed E-state index contributed by atoms with van der Waals surface area (Å²) in [6.45, 7) is 0. The number of carbonyl (C=O) groups is 1. The lowest BCUT2D eigenvalue weighted by atomic mass is 9.94. The Morgan fingerprint density at radius 2 is 1.89 bits per heavy atom. The SMILES string of the molecule is O=C1/C(=C/c2ccc(O)cc2)S/C(=N/c2ccccn2)N1C1CCCCC1. The molecule has 6 heteroatoms. The number of aliphatic imine (C=N–C) groups is 1. The van der Waals surface area contributed by atoms with Crippen LogP contribution in [0.4, 0.5) is 5.82 Å². The van der Waals surface area contributed by atoms with Crippen LogP contribution in [0.1, 0.15) is 37.7 Å². The Kier molecular flexibility index (Phi) is 5.25. The van der Waals surface area contributed by atoms with Gasteiger partial charge in [-0.25, -0.2) is 9.98 Å². The number of hydrogen-bond donors (Lipinski definition) is 1. The van der Waals surface area contributed by atoms with E-state index in [-0.39, 0.29) is 17.7 Å². The lowest BCUT2D eigenvalue weighted by molar-refractivity contribution is -0.124. The van der Waals surface area contributed by atoms with Crippen molar-refractivity contribution in [2.24, 2.45) is 4.99 Å². The molecule has 2 fully saturated rings. The number of amidine groups is 1. The molecule has 1 aromatic heterocycles. The van der Waals surface area contributed by atoms with Crippen LogP contribution in [-0.4, -0.2) is 32.1 Å². The lowest BCUT2D eigenvalue weighted by Gasteiger charge is -2.30. The zero-order valence-electron chi connectivity index (χ0n) is 14.9. The highest BCUT2D eigenvalue weighted by Gasteiger charge is 2.38. The molecule has 1 aliphatic carbocycles. The molecule has 1 saturated heterocycles. The fourth-order valence-electron chi connectivity index (χ4n) is 3.47. The van der Waals surface area contributed by atoms with Crippen molar-refractivity contribution in [2.75, 3.05) is 0 Å². The number of amides is 1. The molecule has 0 atom stereocenters. The smallest absolute Gasteiger partial charge is 0.267 e. The van der Waals surface area contributed by atoms with Crippen LogP contribution >= 0.6 is 11.8 Å². The molecule has 2 heterocycles. The number of aromatic nitrogens is 1. The predicted octanol–water partition coefficient (Wildman–Crippen LogP) is 4.72. The van der Waals surface area contributed by atoms with Crippen molar-refractivity contribution in [2.45, 2.75) is 38.1 Å². The van der Waals surface area contributed by atoms with Crippen LogP contribution in [0.15, 0.2) is 58.6 Å². The van der Waals surface area contributed by atoms with Crippen LogP contribution in [0.5, 0.6) is 5.75 Å². The van der Waals surface area contributed by atoms with Gasteiger partial charge < -0.3 is 5.11 Å². The first-order chi connectivity index (χ1) is 13.2. The topological polar surface area (TPSA) is 65.8 Å². The zero-order chi connectivity index (χ0) is 18.6. The number of phenols is 1. The monoisotopic (exact) mass is 379 g/mol. The van der Waals surface area contributed by atoms with E-state index < -0.39 is 0 Å². The van der Waals surface area contributed by atoms with E-state index in [1.165, 1.54) is 18.2 Å². The second-order valence-corrected chi connectivity index (χ2v) is 7.76. The largest absolute Gasteiger partial charge is 0.508 e. The van der Waals surface area contributed by atoms with Crippen LogP contribution in [0.3, 0.4) is 0 Å². The number of pyridine rings is 1. The van der Waals surface area contributed by atoms with Crippen LogP contribution in [0.25, 0.3) is 6.08 Å². The van der Waals surface area contributed by atoms with E-state index in [4.69, 9.17) is 0 Å². The number of rotatable bonds is 3. The predicted molar refractivity (Wildman–Crippen MR) is 109 cm³/mol. The third-order valence-electron chi connectivity index (χ3n) is 4.83. The van der Waals surface area contributed by atoms with Crippen LogP contribution < -0.4 is 0 Å². The first kappa shape index (κ1) is 17.8. The van der Waals surface area contributed by atoms with Crippen LogP contribution in [0.2, 0.25) is 0 Å². The molecule has 0 spiro atoms. The van der Waals surface area contributed by atoms with Gasteiger partial charge in [-0.05, 0) is 60.5 Å². The minimum absolute atomic E-state index is 0.00894. The maximum atomic E-state index is 13.2. The number of benzene rings is 1. The van der Waals surface area contributed by atoms with E-state index in [0.717, 1.165) is 31.2 Å². The van der Waals surface area contributed by atoms with Gasteiger partial charge in [0.15, 0.2) is 11.0 Å². The molecule has 2 aromatic rings. The third-order valence-corrected chi connectivity index (χ3v) is 5.81. The standard InChI is InChI=1S/C21H21N3O2S/c25-17-11-9-15(10-12-17)14-18-20(26)24(16-6-2-1-3-7-16)21(27-18)23-19-8-4-5-13-22-19/h4-5,8-14,16,25H,1-3,6-7H2/b18-14-,23-21+. The number of hydrogen-bond acceptors (Lipinski definition) is 5. The Labute approximate surface area is 162 Å². The highest BCUT2D eigenvalue weighted by atomic mass is 32.2. The van der Waals surface area contributed by atoms with Gasteiger partial charge in [0.05, 0.1) is 4.91 Å². The molecule has 27 heavy (non-hydrogen) atoms. The maximum Gasteiger partial charge on any atom is 0.267 e. The summed E-state index contributed by atoms with van der Waals surface area (Å²) in [6.07, 6.45) is 9.12. The van der Waals surface area contributed by atoms with Gasteiger partial charge in [-0.3, -0.25) is 9.69 Å². The van der Waals surface area contributed by atoms with Gasteiger partial charge in [-0.1, -0.05) is 37.5 Å². The number of nitrogens with zero attached hydrogens (tertiary/aromatic N) is 3. The summed E-state index contributed by atoms with van der Waals surface area (Å²) in [5.41, 5.74) is 0.881. The van der Waals surface area contributed by atoms with Gasteiger partial charge in [0.2, 0.25) is 0 Å². The van der Waals surface area contributed by atoms with Gasteiger partial charge in [-0.15, -0.1) is 0 Å². The van der Waals surface area contributed by atoms with Gasteiger partial charge in [0, 0.05) is 12.2 Å². The van der Waals surface area contributed by atoms with E-state index in [9.17, 15) is 9.90 Å². The Hall–Kier alpha value is -2.60. The summed E-state index contributed by atoms with van der Waals surface area (Å²) in [5.74, 6) is 0.831. The van der Waals surface area contributed by atoms with E-state index >= 15 is 0 Å². The van der Waals surface area contributed by atoms with Crippen molar-refractivity contribution in [3.63, 3.8) is 0 Å². The highest BCUT2D eigenvalue weighted by Crippen LogP contribution is 2.38. The molecule has 1 amide bonds. The van der Waals surface area contributed by atoms with Crippen molar-refractivity contribution in [3.05, 3.63) is 59.1 Å². The molecule has 0 bridgehead atoms. The van der Waals surface area contributed by atoms with E-state index in [0.29, 0.717) is 15.9 Å². The lowest BCUT2D eigenvalue weighted by Crippen LogP contribution is -2.40. The van der Waals surface area contributed by atoms with Gasteiger partial charge >= 0.3 is 0 Å². The molecule has 1 N–H and O–H groups in total. The Morgan fingerprint density at radius 3 is 2.59 bits per heavy atom. The molecular weight excluding hydrogens is 358 g/mol. The Balaban J connectivity index is 1.68. The molecule has 1 saturated carbocycles. The molecule has 138 valence electrons. The summed E-state index contributed by atoms with van der Waals surface area (Å²) in [7, 11) is 0. The van der Waals surface area contributed by atoms with E-state index in [1.54, 1.807) is 30.5 Å². The summed E-state index contributed by atoms with van der Waals surface area (Å²) >= 11 is 1.40. The van der Waals surface area contributed by atoms with Gasteiger partial charge in [0.1, 0.15) is 5.75 Å². The minimum atomic E-state index is 0.00894. The second kappa shape index (κ2) is 7.96. The number of phenolic OH excluding ortho intramolecular Hbond substituents is 1. The summed E-state index contributed by atoms with van der Waals surface area (Å²) < 4.78 is 0. The quantitative estimate of drug-likeness (QED) is 0.784. The third kappa shape index (κ3) is 4.06. The molecule has 1 aromatic carbocycles. The van der Waals surface area contributed by atoms with Gasteiger partial charge in [-0.2, -0.15) is 0 Å². The number of aromatic hydroxyl groups is 1. The number of carbonyl (C=O) groups excluding carboxylic acids is 1. The van der Waals surface area contributed by atoms with Crippen LogP contribution in [-0.2, 0) is 4.79 Å². The summed E-state index contributed by atoms with van der Waals surface area (Å²) in [6, 6.07) is 12.6. The second-order valence-electron chi connectivity index (χ2n) is 6.75. The molecule has 1 aliphatic heterocycles. The fraction of sp³-hybridized carbons (Fsp3) is 0.286. The first-order valence-corrected chi connectivity index (χ1v) is 10.0. The van der Waals surface area contributed by atoms with Crippen molar-refractivity contribution in [1.82, 2.24) is 9.88 Å². The van der Waals surface area contributed by atoms with E-state index in [2.05, 4.69) is 9.98 Å². The fourth-order valence-corrected chi connectivity index (χ4v) is 4.51. The zero-order valence-corrected chi connectivity index (χ0v) is 15.7. The van der Waals surface area contributed by atoms with E-state index in [1.807, 2.05) is 29.2 Å². The maximum absolute atomic E-state index is 13.2. The van der Waals surface area contributed by atoms with Crippen molar-refractivity contribution >= 4 is 34.7 Å². The molecule has 0 unspecified atom stereocenters. The van der Waals surface area contributed by atoms with Crippen molar-refractivity contribution < 1.29 is 9.90 Å². The molecule has 4 rings (SSSR count). The molecular formula is C21H21N3O2S. The average Bonchev–Trinajstić information content (AvgIpc) is 3.00. The Bertz CT molecular complexity index is 872. The molecule has 5 nitrogen and oxygen atoms in total. The summed E-state index contributed by atoms with van der Waals surface area (Å²) in [5, 5.41) is 10.2.